The van der Waals surface area contributed by atoms with Crippen molar-refractivity contribution in [2.24, 2.45) is 0 Å². The number of amides is 2. The van der Waals surface area contributed by atoms with Gasteiger partial charge < -0.3 is 10.6 Å². The number of nitrogens with one attached hydrogen (secondary N) is 2. The Hall–Kier alpha value is -2.69. The van der Waals surface area contributed by atoms with Gasteiger partial charge in [-0.15, -0.1) is 0 Å². The quantitative estimate of drug-likeness (QED) is 0.907. The first-order chi connectivity index (χ1) is 11.6. The summed E-state index contributed by atoms with van der Waals surface area (Å²) < 4.78 is 13.2. The van der Waals surface area contributed by atoms with E-state index in [4.69, 9.17) is 0 Å². The summed E-state index contributed by atoms with van der Waals surface area (Å²) in [7, 11) is 0. The highest BCUT2D eigenvalue weighted by molar-refractivity contribution is 5.81. The molecule has 2 aromatic carbocycles. The maximum absolute atomic E-state index is 13.2. The highest BCUT2D eigenvalue weighted by atomic mass is 19.1. The molecule has 3 rings (SSSR count). The summed E-state index contributed by atoms with van der Waals surface area (Å²) in [5, 5.41) is 5.93. The summed E-state index contributed by atoms with van der Waals surface area (Å²) in [5.74, 6) is -0.547. The van der Waals surface area contributed by atoms with Gasteiger partial charge in [0.1, 0.15) is 5.82 Å². The first kappa shape index (κ1) is 16.2. The lowest BCUT2D eigenvalue weighted by molar-refractivity contribution is -0.126. The Kier molecular flexibility index (Phi) is 4.89. The lowest BCUT2D eigenvalue weighted by atomic mass is 9.91. The van der Waals surface area contributed by atoms with Crippen LogP contribution in [0.3, 0.4) is 0 Å². The molecule has 2 amide bonds. The fourth-order valence-electron chi connectivity index (χ4n) is 3.02. The van der Waals surface area contributed by atoms with Crippen LogP contribution in [0.25, 0.3) is 0 Å². The number of carbonyl (C=O) groups is 2. The third-order valence-corrected chi connectivity index (χ3v) is 4.16. The zero-order valence-corrected chi connectivity index (χ0v) is 13.2. The van der Waals surface area contributed by atoms with E-state index in [0.717, 1.165) is 5.56 Å². The maximum atomic E-state index is 13.2. The molecule has 4 nitrogen and oxygen atoms in total. The van der Waals surface area contributed by atoms with Gasteiger partial charge in [-0.05, 0) is 29.7 Å². The SMILES string of the molecule is O=C(Cc1cccc(F)c1)N[C@@H]1CCC(=O)N[C@H]1c1ccccc1. The lowest BCUT2D eigenvalue weighted by Gasteiger charge is -2.33. The molecule has 1 saturated heterocycles. The Labute approximate surface area is 140 Å². The minimum absolute atomic E-state index is 0.0144. The molecule has 24 heavy (non-hydrogen) atoms. The zero-order valence-electron chi connectivity index (χ0n) is 13.2. The Bertz CT molecular complexity index is 733. The van der Waals surface area contributed by atoms with Crippen molar-refractivity contribution >= 4 is 11.8 Å². The molecule has 0 unspecified atom stereocenters. The monoisotopic (exact) mass is 326 g/mol. The Balaban J connectivity index is 1.69. The van der Waals surface area contributed by atoms with Gasteiger partial charge in [-0.3, -0.25) is 9.59 Å². The van der Waals surface area contributed by atoms with E-state index in [0.29, 0.717) is 18.4 Å². The van der Waals surface area contributed by atoms with E-state index >= 15 is 0 Å². The molecule has 0 bridgehead atoms. The van der Waals surface area contributed by atoms with Crippen molar-refractivity contribution in [3.05, 3.63) is 71.5 Å². The molecule has 1 heterocycles. The highest BCUT2D eigenvalue weighted by Crippen LogP contribution is 2.24. The first-order valence-electron chi connectivity index (χ1n) is 8.00. The Morgan fingerprint density at radius 1 is 1.17 bits per heavy atom. The zero-order chi connectivity index (χ0) is 16.9. The molecule has 1 fully saturated rings. The predicted molar refractivity (Wildman–Crippen MR) is 88.6 cm³/mol. The number of hydrogen-bond donors (Lipinski definition) is 2. The smallest absolute Gasteiger partial charge is 0.224 e. The first-order valence-corrected chi connectivity index (χ1v) is 8.00. The van der Waals surface area contributed by atoms with Crippen LogP contribution in [0.1, 0.15) is 30.0 Å². The van der Waals surface area contributed by atoms with Gasteiger partial charge >= 0.3 is 0 Å². The summed E-state index contributed by atoms with van der Waals surface area (Å²) in [6, 6.07) is 15.2. The normalized spacial score (nSPS) is 20.3. The van der Waals surface area contributed by atoms with Crippen LogP contribution in [0.5, 0.6) is 0 Å². The van der Waals surface area contributed by atoms with Crippen molar-refractivity contribution in [1.82, 2.24) is 10.6 Å². The van der Waals surface area contributed by atoms with Gasteiger partial charge in [0.2, 0.25) is 11.8 Å². The largest absolute Gasteiger partial charge is 0.351 e. The van der Waals surface area contributed by atoms with Gasteiger partial charge in [-0.2, -0.15) is 0 Å². The average molecular weight is 326 g/mol. The molecule has 0 saturated carbocycles. The van der Waals surface area contributed by atoms with Crippen LogP contribution in [0, 0.1) is 5.82 Å². The fraction of sp³-hybridized carbons (Fsp3) is 0.263. The van der Waals surface area contributed by atoms with Crippen LogP contribution in [0.15, 0.2) is 54.6 Å². The second-order valence-electron chi connectivity index (χ2n) is 5.98. The highest BCUT2D eigenvalue weighted by Gasteiger charge is 2.30. The van der Waals surface area contributed by atoms with Crippen LogP contribution in [0.4, 0.5) is 4.39 Å². The van der Waals surface area contributed by atoms with Crippen molar-refractivity contribution in [3.8, 4) is 0 Å². The van der Waals surface area contributed by atoms with E-state index in [1.807, 2.05) is 30.3 Å². The van der Waals surface area contributed by atoms with Crippen LogP contribution in [-0.2, 0) is 16.0 Å². The molecule has 0 aromatic heterocycles. The molecular weight excluding hydrogens is 307 g/mol. The standard InChI is InChI=1S/C19H19FN2O2/c20-15-8-4-5-13(11-15)12-18(24)21-16-9-10-17(23)22-19(16)14-6-2-1-3-7-14/h1-8,11,16,19H,9-10,12H2,(H,21,24)(H,22,23)/t16-,19+/m1/s1. The summed E-state index contributed by atoms with van der Waals surface area (Å²) in [6.07, 6.45) is 1.08. The van der Waals surface area contributed by atoms with Gasteiger partial charge in [-0.1, -0.05) is 42.5 Å². The molecule has 0 spiro atoms. The number of benzene rings is 2. The second kappa shape index (κ2) is 7.25. The second-order valence-corrected chi connectivity index (χ2v) is 5.98. The van der Waals surface area contributed by atoms with Crippen molar-refractivity contribution in [3.63, 3.8) is 0 Å². The van der Waals surface area contributed by atoms with Gasteiger partial charge in [0.05, 0.1) is 18.5 Å². The number of halogens is 1. The molecule has 0 radical (unpaired) electrons. The molecule has 1 aliphatic heterocycles. The predicted octanol–water partition coefficient (Wildman–Crippen LogP) is 2.50. The minimum atomic E-state index is -0.354. The van der Waals surface area contributed by atoms with Gasteiger partial charge in [0.15, 0.2) is 0 Å². The van der Waals surface area contributed by atoms with E-state index in [1.165, 1.54) is 12.1 Å². The van der Waals surface area contributed by atoms with Crippen LogP contribution in [-0.4, -0.2) is 17.9 Å². The number of rotatable bonds is 4. The fourth-order valence-corrected chi connectivity index (χ4v) is 3.02. The van der Waals surface area contributed by atoms with Crippen LogP contribution >= 0.6 is 0 Å². The van der Waals surface area contributed by atoms with E-state index in [9.17, 15) is 14.0 Å². The van der Waals surface area contributed by atoms with Crippen LogP contribution in [0.2, 0.25) is 0 Å². The van der Waals surface area contributed by atoms with Gasteiger partial charge in [-0.25, -0.2) is 4.39 Å². The Morgan fingerprint density at radius 2 is 1.96 bits per heavy atom. The summed E-state index contributed by atoms with van der Waals surface area (Å²) in [4.78, 5) is 24.0. The molecule has 2 N–H and O–H groups in total. The average Bonchev–Trinajstić information content (AvgIpc) is 2.57. The lowest BCUT2D eigenvalue weighted by Crippen LogP contribution is -2.50. The van der Waals surface area contributed by atoms with Crippen molar-refractivity contribution < 1.29 is 14.0 Å². The third kappa shape index (κ3) is 3.98. The van der Waals surface area contributed by atoms with Gasteiger partial charge in [0.25, 0.3) is 0 Å². The summed E-state index contributed by atoms with van der Waals surface area (Å²) >= 11 is 0. The maximum Gasteiger partial charge on any atom is 0.224 e. The molecule has 2 aromatic rings. The molecule has 2 atom stereocenters. The minimum Gasteiger partial charge on any atom is -0.351 e. The molecule has 1 aliphatic rings. The molecule has 124 valence electrons. The van der Waals surface area contributed by atoms with E-state index in [1.54, 1.807) is 12.1 Å². The number of hydrogen-bond acceptors (Lipinski definition) is 2. The van der Waals surface area contributed by atoms with E-state index in [2.05, 4.69) is 10.6 Å². The van der Waals surface area contributed by atoms with Crippen LogP contribution < -0.4 is 10.6 Å². The Morgan fingerprint density at radius 3 is 2.71 bits per heavy atom. The van der Waals surface area contributed by atoms with Gasteiger partial charge in [0, 0.05) is 6.42 Å². The third-order valence-electron chi connectivity index (χ3n) is 4.16. The van der Waals surface area contributed by atoms with Crippen molar-refractivity contribution in [1.29, 1.82) is 0 Å². The van der Waals surface area contributed by atoms with Crippen molar-refractivity contribution in [2.45, 2.75) is 31.3 Å². The molecule has 0 aliphatic carbocycles. The van der Waals surface area contributed by atoms with E-state index < -0.39 is 0 Å². The topological polar surface area (TPSA) is 58.2 Å². The number of piperidine rings is 1. The summed E-state index contributed by atoms with van der Waals surface area (Å²) in [5.41, 5.74) is 1.59. The summed E-state index contributed by atoms with van der Waals surface area (Å²) in [6.45, 7) is 0. The van der Waals surface area contributed by atoms with E-state index in [-0.39, 0.29) is 36.1 Å². The molecular formula is C19H19FN2O2. The van der Waals surface area contributed by atoms with Crippen molar-refractivity contribution in [2.75, 3.05) is 0 Å². The number of carbonyl (C=O) groups excluding carboxylic acids is 2. The molecule has 5 heteroatoms.